The number of amides is 3. The molecule has 11 heteroatoms. The van der Waals surface area contributed by atoms with E-state index in [-0.39, 0.29) is 30.9 Å². The van der Waals surface area contributed by atoms with Crippen LogP contribution in [0, 0.1) is 0 Å². The molecule has 6 rings (SSSR count). The van der Waals surface area contributed by atoms with Gasteiger partial charge in [-0.3, -0.25) is 19.2 Å². The number of halogens is 1. The number of carbonyl (C=O) groups is 4. The van der Waals surface area contributed by atoms with E-state index in [0.29, 0.717) is 50.3 Å². The molecule has 3 aromatic rings. The number of piperidine rings is 1. The van der Waals surface area contributed by atoms with Crippen LogP contribution in [0.2, 0.25) is 5.02 Å². The van der Waals surface area contributed by atoms with Crippen molar-refractivity contribution in [2.45, 2.75) is 49.9 Å². The number of fused-ring (bicyclic) bond motifs is 1. The molecule has 46 heavy (non-hydrogen) atoms. The molecular weight excluding hydrogens is 606 g/mol. The van der Waals surface area contributed by atoms with Crippen LogP contribution in [-0.4, -0.2) is 84.5 Å². The number of carbonyl (C=O) groups excluding carboxylic acids is 4. The SMILES string of the molecule is COC(=O)CN1CN(c2ccccc2)C2(CCN(C(=O)[C@@H](Cc3ccc(Cl)cc3)NC(=O)[C@H]3Cc4ccccc4CN3)CC2)C1=O. The Morgan fingerprint density at radius 3 is 2.35 bits per heavy atom. The zero-order valence-corrected chi connectivity index (χ0v) is 26.5. The van der Waals surface area contributed by atoms with Gasteiger partial charge in [-0.1, -0.05) is 66.2 Å². The molecule has 2 N–H and O–H groups in total. The fourth-order valence-electron chi connectivity index (χ4n) is 6.83. The predicted molar refractivity (Wildman–Crippen MR) is 174 cm³/mol. The van der Waals surface area contributed by atoms with Crippen LogP contribution in [0.15, 0.2) is 78.9 Å². The van der Waals surface area contributed by atoms with Gasteiger partial charge >= 0.3 is 5.97 Å². The van der Waals surface area contributed by atoms with Gasteiger partial charge in [-0.25, -0.2) is 0 Å². The zero-order valence-electron chi connectivity index (χ0n) is 25.8. The molecule has 3 amide bonds. The fourth-order valence-corrected chi connectivity index (χ4v) is 6.95. The van der Waals surface area contributed by atoms with Crippen molar-refractivity contribution in [1.29, 1.82) is 0 Å². The third kappa shape index (κ3) is 6.45. The van der Waals surface area contributed by atoms with E-state index >= 15 is 0 Å². The highest BCUT2D eigenvalue weighted by molar-refractivity contribution is 6.30. The highest BCUT2D eigenvalue weighted by Crippen LogP contribution is 2.39. The third-order valence-corrected chi connectivity index (χ3v) is 9.65. The Morgan fingerprint density at radius 2 is 1.65 bits per heavy atom. The molecule has 3 heterocycles. The molecule has 2 atom stereocenters. The first-order valence-corrected chi connectivity index (χ1v) is 16.0. The van der Waals surface area contributed by atoms with Crippen molar-refractivity contribution in [2.75, 3.05) is 38.3 Å². The largest absolute Gasteiger partial charge is 0.468 e. The van der Waals surface area contributed by atoms with Crippen LogP contribution in [0.3, 0.4) is 0 Å². The topological polar surface area (TPSA) is 111 Å². The maximum atomic E-state index is 14.2. The molecule has 3 aliphatic rings. The summed E-state index contributed by atoms with van der Waals surface area (Å²) in [7, 11) is 1.31. The lowest BCUT2D eigenvalue weighted by atomic mass is 9.85. The summed E-state index contributed by atoms with van der Waals surface area (Å²) in [6.07, 6.45) is 1.60. The van der Waals surface area contributed by atoms with Gasteiger partial charge in [0.15, 0.2) is 0 Å². The van der Waals surface area contributed by atoms with Crippen LogP contribution in [0.5, 0.6) is 0 Å². The van der Waals surface area contributed by atoms with E-state index in [1.807, 2.05) is 65.6 Å². The molecule has 0 unspecified atom stereocenters. The number of hydrogen-bond acceptors (Lipinski definition) is 7. The number of nitrogens with one attached hydrogen (secondary N) is 2. The van der Waals surface area contributed by atoms with E-state index in [9.17, 15) is 19.2 Å². The first-order valence-electron chi connectivity index (χ1n) is 15.6. The van der Waals surface area contributed by atoms with E-state index < -0.39 is 23.6 Å². The monoisotopic (exact) mass is 643 g/mol. The highest BCUT2D eigenvalue weighted by atomic mass is 35.5. The van der Waals surface area contributed by atoms with Gasteiger partial charge in [-0.15, -0.1) is 0 Å². The number of nitrogens with zero attached hydrogens (tertiary/aromatic N) is 3. The lowest BCUT2D eigenvalue weighted by Crippen LogP contribution is -2.60. The smallest absolute Gasteiger partial charge is 0.325 e. The quantitative estimate of drug-likeness (QED) is 0.363. The van der Waals surface area contributed by atoms with Gasteiger partial charge in [0.25, 0.3) is 5.91 Å². The van der Waals surface area contributed by atoms with Crippen LogP contribution in [-0.2, 0) is 43.3 Å². The Morgan fingerprint density at radius 1 is 0.978 bits per heavy atom. The van der Waals surface area contributed by atoms with Gasteiger partial charge in [0.2, 0.25) is 11.8 Å². The van der Waals surface area contributed by atoms with Crippen molar-refractivity contribution < 1.29 is 23.9 Å². The lowest BCUT2D eigenvalue weighted by molar-refractivity contribution is -0.147. The molecule has 3 aliphatic heterocycles. The number of rotatable bonds is 8. The number of ether oxygens (including phenoxy) is 1. The highest BCUT2D eigenvalue weighted by Gasteiger charge is 2.54. The van der Waals surface area contributed by atoms with Crippen molar-refractivity contribution in [3.8, 4) is 0 Å². The summed E-state index contributed by atoms with van der Waals surface area (Å²) in [6, 6.07) is 23.7. The maximum Gasteiger partial charge on any atom is 0.325 e. The summed E-state index contributed by atoms with van der Waals surface area (Å²) in [5.41, 5.74) is 3.13. The number of likely N-dealkylation sites (tertiary alicyclic amines) is 1. The number of hydrogen-bond donors (Lipinski definition) is 2. The molecule has 2 fully saturated rings. The van der Waals surface area contributed by atoms with E-state index in [1.165, 1.54) is 17.6 Å². The van der Waals surface area contributed by atoms with Crippen molar-refractivity contribution in [3.63, 3.8) is 0 Å². The van der Waals surface area contributed by atoms with Crippen LogP contribution >= 0.6 is 11.6 Å². The molecule has 10 nitrogen and oxygen atoms in total. The number of methoxy groups -OCH3 is 1. The summed E-state index contributed by atoms with van der Waals surface area (Å²) in [6.45, 7) is 1.33. The standard InChI is InChI=1S/C35H38ClN5O5/c1-46-31(42)22-40-23-41(28-9-3-2-4-10-28)35(34(40)45)15-17-39(18-16-35)33(44)30(19-24-11-13-27(36)14-12-24)38-32(43)29-20-25-7-5-6-8-26(25)21-37-29/h2-14,29-30,37H,15-23H2,1H3,(H,38,43)/t29-,30-/m1/s1. The molecule has 0 bridgehead atoms. The van der Waals surface area contributed by atoms with Crippen LogP contribution in [0.4, 0.5) is 5.69 Å². The van der Waals surface area contributed by atoms with Crippen molar-refractivity contribution in [1.82, 2.24) is 20.4 Å². The average molecular weight is 644 g/mol. The van der Waals surface area contributed by atoms with Gasteiger partial charge in [0, 0.05) is 36.8 Å². The second kappa shape index (κ2) is 13.5. The minimum atomic E-state index is -0.902. The number of anilines is 1. The number of benzene rings is 3. The molecule has 0 saturated carbocycles. The van der Waals surface area contributed by atoms with E-state index in [4.69, 9.17) is 16.3 Å². The van der Waals surface area contributed by atoms with Gasteiger partial charge in [-0.2, -0.15) is 0 Å². The van der Waals surface area contributed by atoms with E-state index in [1.54, 1.807) is 17.0 Å². The Balaban J connectivity index is 1.20. The minimum absolute atomic E-state index is 0.141. The normalized spacial score (nSPS) is 19.5. The summed E-state index contributed by atoms with van der Waals surface area (Å²) in [4.78, 5) is 59.1. The second-order valence-electron chi connectivity index (χ2n) is 12.1. The number of para-hydroxylation sites is 1. The van der Waals surface area contributed by atoms with Crippen molar-refractivity contribution in [2.24, 2.45) is 0 Å². The molecule has 0 radical (unpaired) electrons. The summed E-state index contributed by atoms with van der Waals surface area (Å²) in [5, 5.41) is 6.96. The first kappa shape index (κ1) is 31.6. The van der Waals surface area contributed by atoms with Gasteiger partial charge < -0.3 is 30.1 Å². The molecule has 240 valence electrons. The van der Waals surface area contributed by atoms with Gasteiger partial charge in [-0.05, 0) is 60.2 Å². The lowest BCUT2D eigenvalue weighted by Gasteiger charge is -2.44. The van der Waals surface area contributed by atoms with Crippen molar-refractivity contribution >= 4 is 41.0 Å². The maximum absolute atomic E-state index is 14.2. The summed E-state index contributed by atoms with van der Waals surface area (Å²) < 4.78 is 4.85. The molecular formula is C35H38ClN5O5. The fraction of sp³-hybridized carbons (Fsp3) is 0.371. The summed E-state index contributed by atoms with van der Waals surface area (Å²) in [5.74, 6) is -1.06. The predicted octanol–water partition coefficient (Wildman–Crippen LogP) is 2.92. The Hall–Kier alpha value is -4.41. The van der Waals surface area contributed by atoms with Gasteiger partial charge in [0.05, 0.1) is 19.8 Å². The van der Waals surface area contributed by atoms with Crippen LogP contribution < -0.4 is 15.5 Å². The molecule has 0 aliphatic carbocycles. The van der Waals surface area contributed by atoms with Crippen LogP contribution in [0.25, 0.3) is 0 Å². The summed E-state index contributed by atoms with van der Waals surface area (Å²) >= 11 is 6.12. The molecule has 3 aromatic carbocycles. The number of esters is 1. The van der Waals surface area contributed by atoms with Crippen LogP contribution in [0.1, 0.15) is 29.5 Å². The minimum Gasteiger partial charge on any atom is -0.468 e. The first-order chi connectivity index (χ1) is 22.3. The second-order valence-corrected chi connectivity index (χ2v) is 12.6. The molecule has 1 spiro atoms. The van der Waals surface area contributed by atoms with Crippen molar-refractivity contribution in [3.05, 3.63) is 101 Å². The van der Waals surface area contributed by atoms with Gasteiger partial charge in [0.1, 0.15) is 18.1 Å². The van der Waals surface area contributed by atoms with E-state index in [0.717, 1.165) is 16.8 Å². The Labute approximate surface area is 273 Å². The average Bonchev–Trinajstić information content (AvgIpc) is 3.35. The van der Waals surface area contributed by atoms with E-state index in [2.05, 4.69) is 16.7 Å². The Bertz CT molecular complexity index is 1590. The Kier molecular flexibility index (Phi) is 9.28. The molecule has 2 saturated heterocycles. The zero-order chi connectivity index (χ0) is 32.3. The third-order valence-electron chi connectivity index (χ3n) is 9.40. The molecule has 0 aromatic heterocycles.